The fraction of sp³-hybridized carbons (Fsp3) is 0. The molecule has 0 spiro atoms. The first kappa shape index (κ1) is 21.6. The molecular weight excluding hydrogens is 407 g/mol. The van der Waals surface area contributed by atoms with Crippen LogP contribution in [0, 0.1) is 0 Å². The maximum Gasteiger partial charge on any atom is 1.00 e. The van der Waals surface area contributed by atoms with Gasteiger partial charge in [0.05, 0.1) is 11.4 Å². The maximum atomic E-state index is 11.8. The maximum absolute atomic E-state index is 11.8. The summed E-state index contributed by atoms with van der Waals surface area (Å²) in [4.78, 5) is 15.7. The van der Waals surface area contributed by atoms with Gasteiger partial charge in [-0.25, -0.2) is 4.79 Å². The number of imidazole rings is 1. The van der Waals surface area contributed by atoms with Crippen molar-refractivity contribution in [3.63, 3.8) is 0 Å². The van der Waals surface area contributed by atoms with Crippen molar-refractivity contribution in [2.45, 2.75) is 9.79 Å². The summed E-state index contributed by atoms with van der Waals surface area (Å²) in [7, 11) is -9.23. The molecule has 9 nitrogen and oxygen atoms in total. The molecule has 1 heterocycles. The quantitative estimate of drug-likeness (QED) is 0.297. The van der Waals surface area contributed by atoms with Gasteiger partial charge in [0.25, 0.3) is 20.2 Å². The average Bonchev–Trinajstić information content (AvgIpc) is 2.95. The van der Waals surface area contributed by atoms with Crippen molar-refractivity contribution in [1.82, 2.24) is 9.97 Å². The summed E-state index contributed by atoms with van der Waals surface area (Å²) in [6.07, 6.45) is 0. The molecule has 12 heteroatoms. The van der Waals surface area contributed by atoms with Gasteiger partial charge in [-0.05, 0) is 12.1 Å². The van der Waals surface area contributed by atoms with Gasteiger partial charge in [-0.2, -0.15) is 16.8 Å². The zero-order valence-corrected chi connectivity index (χ0v) is 17.5. The Hall–Kier alpha value is -1.73. The molecule has 0 bridgehead atoms. The number of H-pyrrole nitrogens is 2. The Labute approximate surface area is 176 Å². The van der Waals surface area contributed by atoms with E-state index < -0.39 is 35.7 Å². The number of hydrogen-bond acceptors (Lipinski definition) is 5. The monoisotopic (exact) mass is 419 g/mol. The van der Waals surface area contributed by atoms with Gasteiger partial charge in [0.1, 0.15) is 9.79 Å². The Morgan fingerprint density at radius 3 is 1.33 bits per heavy atom. The minimum atomic E-state index is -4.61. The Balaban J connectivity index is 0.00000261. The minimum Gasteiger partial charge on any atom is -0.305 e. The molecule has 27 heavy (non-hydrogen) atoms. The zero-order valence-electron chi connectivity index (χ0n) is 13.9. The van der Waals surface area contributed by atoms with E-state index in [4.69, 9.17) is 0 Å². The van der Waals surface area contributed by atoms with Crippen molar-refractivity contribution in [3.8, 4) is 22.5 Å². The Morgan fingerprint density at radius 1 is 0.667 bits per heavy atom. The van der Waals surface area contributed by atoms with Crippen LogP contribution in [-0.2, 0) is 20.2 Å². The molecule has 4 N–H and O–H groups in total. The first-order valence-corrected chi connectivity index (χ1v) is 9.93. The smallest absolute Gasteiger partial charge is 0.305 e. The number of aromatic amines is 2. The number of hydrogen-bond donors (Lipinski definition) is 4. The fourth-order valence-corrected chi connectivity index (χ4v) is 3.98. The largest absolute Gasteiger partial charge is 1.00 e. The topological polar surface area (TPSA) is 157 Å². The molecule has 0 fully saturated rings. The van der Waals surface area contributed by atoms with E-state index in [9.17, 15) is 30.7 Å². The minimum absolute atomic E-state index is 0. The number of benzene rings is 2. The van der Waals surface area contributed by atoms with Crippen LogP contribution in [0.1, 0.15) is 0 Å². The Kier molecular flexibility index (Phi) is 6.16. The predicted molar refractivity (Wildman–Crippen MR) is 91.9 cm³/mol. The van der Waals surface area contributed by atoms with E-state index in [-0.39, 0.29) is 52.1 Å². The summed E-state index contributed by atoms with van der Waals surface area (Å²) < 4.78 is 65.3. The van der Waals surface area contributed by atoms with Crippen LogP contribution in [0.4, 0.5) is 0 Å². The molecule has 0 aliphatic rings. The van der Waals surface area contributed by atoms with Crippen LogP contribution in [0.25, 0.3) is 22.5 Å². The van der Waals surface area contributed by atoms with Crippen molar-refractivity contribution in [2.75, 3.05) is 0 Å². The summed E-state index contributed by atoms with van der Waals surface area (Å²) >= 11 is 0. The fourth-order valence-electron chi connectivity index (χ4n) is 2.58. The molecule has 0 atom stereocenters. The van der Waals surface area contributed by atoms with Crippen LogP contribution in [0.5, 0.6) is 0 Å². The van der Waals surface area contributed by atoms with E-state index in [2.05, 4.69) is 9.97 Å². The van der Waals surface area contributed by atoms with Crippen LogP contribution >= 0.6 is 0 Å². The third-order valence-corrected chi connectivity index (χ3v) is 5.42. The predicted octanol–water partition coefficient (Wildman–Crippen LogP) is -1.47. The van der Waals surface area contributed by atoms with E-state index in [1.54, 1.807) is 0 Å². The molecule has 1 aromatic heterocycles. The molecule has 0 amide bonds. The van der Waals surface area contributed by atoms with Gasteiger partial charge < -0.3 is 9.97 Å². The standard InChI is InChI=1S/C15H12N2O7S2.Na/c18-15-16-13(9-5-1-3-7-11(9)25(19,20)21)14(17-15)10-6-2-4-8-12(10)26(22,23)24;/h1-8H,(H2,16,17,18)(H,19,20,21)(H,22,23,24);/q;+1. The first-order chi connectivity index (χ1) is 12.1. The third-order valence-electron chi connectivity index (χ3n) is 3.60. The molecule has 0 aliphatic carbocycles. The second kappa shape index (κ2) is 7.72. The van der Waals surface area contributed by atoms with Crippen molar-refractivity contribution in [3.05, 3.63) is 59.0 Å². The number of rotatable bonds is 4. The molecule has 0 aliphatic heterocycles. The van der Waals surface area contributed by atoms with E-state index in [1.165, 1.54) is 36.4 Å². The normalized spacial score (nSPS) is 11.8. The van der Waals surface area contributed by atoms with Gasteiger partial charge in [-0.3, -0.25) is 9.11 Å². The van der Waals surface area contributed by atoms with Gasteiger partial charge in [0, 0.05) is 11.1 Å². The van der Waals surface area contributed by atoms with Crippen LogP contribution in [0.3, 0.4) is 0 Å². The second-order valence-electron chi connectivity index (χ2n) is 5.27. The molecule has 0 saturated heterocycles. The van der Waals surface area contributed by atoms with E-state index >= 15 is 0 Å². The molecular formula is C15H12N2NaO7S2+. The molecule has 0 radical (unpaired) electrons. The molecule has 136 valence electrons. The van der Waals surface area contributed by atoms with Gasteiger partial charge in [-0.1, -0.05) is 36.4 Å². The number of aromatic nitrogens is 2. The summed E-state index contributed by atoms with van der Waals surface area (Å²) in [5.74, 6) is 0. The Morgan fingerprint density at radius 2 is 1.00 bits per heavy atom. The van der Waals surface area contributed by atoms with Gasteiger partial charge in [0.15, 0.2) is 0 Å². The summed E-state index contributed by atoms with van der Waals surface area (Å²) in [6.45, 7) is 0. The van der Waals surface area contributed by atoms with Crippen molar-refractivity contribution >= 4 is 20.2 Å². The SMILES string of the molecule is O=c1[nH]c(-c2ccccc2S(=O)(=O)O)c(-c2ccccc2S(=O)(=O)O)[nH]1.[Na+]. The van der Waals surface area contributed by atoms with Gasteiger partial charge in [-0.15, -0.1) is 0 Å². The average molecular weight is 419 g/mol. The molecule has 3 aromatic rings. The first-order valence-electron chi connectivity index (χ1n) is 7.05. The van der Waals surface area contributed by atoms with Crippen LogP contribution < -0.4 is 35.2 Å². The van der Waals surface area contributed by atoms with Crippen LogP contribution in [0.2, 0.25) is 0 Å². The van der Waals surface area contributed by atoms with Crippen molar-refractivity contribution in [2.24, 2.45) is 0 Å². The molecule has 2 aromatic carbocycles. The summed E-state index contributed by atoms with van der Waals surface area (Å²) in [5, 5.41) is 0. The second-order valence-corrected chi connectivity index (χ2v) is 8.05. The Bertz CT molecular complexity index is 1170. The van der Waals surface area contributed by atoms with E-state index in [0.717, 1.165) is 12.1 Å². The summed E-state index contributed by atoms with van der Waals surface area (Å²) in [5.41, 5.74) is -0.939. The van der Waals surface area contributed by atoms with Gasteiger partial charge in [0.2, 0.25) is 0 Å². The molecule has 0 saturated carbocycles. The van der Waals surface area contributed by atoms with E-state index in [1.807, 2.05) is 0 Å². The summed E-state index contributed by atoms with van der Waals surface area (Å²) in [6, 6.07) is 10.7. The van der Waals surface area contributed by atoms with Gasteiger partial charge >= 0.3 is 35.2 Å². The van der Waals surface area contributed by atoms with Crippen molar-refractivity contribution in [1.29, 1.82) is 0 Å². The van der Waals surface area contributed by atoms with Crippen molar-refractivity contribution < 1.29 is 55.5 Å². The molecule has 3 rings (SSSR count). The molecule has 0 unspecified atom stereocenters. The zero-order chi connectivity index (χ0) is 19.1. The number of nitrogens with one attached hydrogen (secondary N) is 2. The van der Waals surface area contributed by atoms with Crippen LogP contribution in [-0.4, -0.2) is 35.9 Å². The third kappa shape index (κ3) is 4.41. The van der Waals surface area contributed by atoms with E-state index in [0.29, 0.717) is 0 Å². The van der Waals surface area contributed by atoms with Crippen LogP contribution in [0.15, 0.2) is 63.1 Å².